The van der Waals surface area contributed by atoms with E-state index in [1.54, 1.807) is 13.0 Å². The number of benzene rings is 1. The molecular formula is C12H15ClO4S. The standard InChI is InChI=1S/C12H15ClO4S/c1-6-3-8(13)4-9(11(6)16)12(17)10(15)5-18-7(2)14/h3-4,10,12,15-17H,5H2,1-2H3. The molecule has 1 aromatic rings. The van der Waals surface area contributed by atoms with Gasteiger partial charge in [-0.3, -0.25) is 4.79 Å². The first kappa shape index (κ1) is 15.3. The number of phenolic OH excluding ortho intramolecular Hbond substituents is 1. The summed E-state index contributed by atoms with van der Waals surface area (Å²) in [5.74, 6) is -0.0413. The molecule has 0 aliphatic heterocycles. The summed E-state index contributed by atoms with van der Waals surface area (Å²) in [6.45, 7) is 3.03. The maximum Gasteiger partial charge on any atom is 0.185 e. The van der Waals surface area contributed by atoms with Crippen LogP contribution in [-0.2, 0) is 4.79 Å². The molecule has 0 aliphatic carbocycles. The Morgan fingerprint density at radius 1 is 1.44 bits per heavy atom. The van der Waals surface area contributed by atoms with E-state index in [0.29, 0.717) is 10.6 Å². The molecule has 1 aromatic carbocycles. The zero-order valence-corrected chi connectivity index (χ0v) is 11.6. The van der Waals surface area contributed by atoms with Gasteiger partial charge in [0, 0.05) is 23.3 Å². The molecule has 0 spiro atoms. The second-order valence-corrected chi connectivity index (χ2v) is 5.61. The van der Waals surface area contributed by atoms with Gasteiger partial charge in [-0.1, -0.05) is 23.4 Å². The number of aryl methyl sites for hydroxylation is 1. The van der Waals surface area contributed by atoms with Crippen molar-refractivity contribution in [2.24, 2.45) is 0 Å². The van der Waals surface area contributed by atoms with Gasteiger partial charge in [0.15, 0.2) is 5.12 Å². The van der Waals surface area contributed by atoms with Crippen LogP contribution in [0.1, 0.15) is 24.2 Å². The minimum absolute atomic E-state index is 0.0570. The molecular weight excluding hydrogens is 276 g/mol. The normalized spacial score (nSPS) is 14.3. The molecule has 18 heavy (non-hydrogen) atoms. The third-order valence-corrected chi connectivity index (χ3v) is 3.57. The van der Waals surface area contributed by atoms with Gasteiger partial charge in [0.2, 0.25) is 0 Å². The Hall–Kier alpha value is -0.750. The molecule has 2 unspecified atom stereocenters. The van der Waals surface area contributed by atoms with E-state index in [1.165, 1.54) is 13.0 Å². The number of rotatable bonds is 4. The van der Waals surface area contributed by atoms with Crippen molar-refractivity contribution in [1.29, 1.82) is 0 Å². The van der Waals surface area contributed by atoms with Crippen molar-refractivity contribution in [2.75, 3.05) is 5.75 Å². The molecule has 2 atom stereocenters. The molecule has 3 N–H and O–H groups in total. The lowest BCUT2D eigenvalue weighted by molar-refractivity contribution is -0.109. The van der Waals surface area contributed by atoms with E-state index in [1.807, 2.05) is 0 Å². The summed E-state index contributed by atoms with van der Waals surface area (Å²) in [6, 6.07) is 2.96. The number of aromatic hydroxyl groups is 1. The van der Waals surface area contributed by atoms with Crippen LogP contribution in [0.4, 0.5) is 0 Å². The van der Waals surface area contributed by atoms with E-state index >= 15 is 0 Å². The Morgan fingerprint density at radius 3 is 2.61 bits per heavy atom. The highest BCUT2D eigenvalue weighted by Gasteiger charge is 2.23. The molecule has 0 bridgehead atoms. The lowest BCUT2D eigenvalue weighted by atomic mass is 10.0. The first-order chi connectivity index (χ1) is 8.32. The maximum atomic E-state index is 10.8. The number of phenols is 1. The molecule has 0 radical (unpaired) electrons. The molecule has 1 rings (SSSR count). The van der Waals surface area contributed by atoms with Crippen LogP contribution in [0.5, 0.6) is 5.75 Å². The van der Waals surface area contributed by atoms with Gasteiger partial charge in [0.25, 0.3) is 0 Å². The number of halogens is 1. The second-order valence-electron chi connectivity index (χ2n) is 3.98. The third kappa shape index (κ3) is 3.88. The average Bonchev–Trinajstić information content (AvgIpc) is 2.29. The van der Waals surface area contributed by atoms with Crippen LogP contribution in [0.25, 0.3) is 0 Å². The van der Waals surface area contributed by atoms with Crippen molar-refractivity contribution in [2.45, 2.75) is 26.1 Å². The summed E-state index contributed by atoms with van der Waals surface area (Å²) >= 11 is 6.75. The van der Waals surface area contributed by atoms with Gasteiger partial charge in [0.1, 0.15) is 11.9 Å². The van der Waals surface area contributed by atoms with Gasteiger partial charge in [0.05, 0.1) is 6.10 Å². The highest BCUT2D eigenvalue weighted by atomic mass is 35.5. The molecule has 100 valence electrons. The summed E-state index contributed by atoms with van der Waals surface area (Å²) in [7, 11) is 0. The van der Waals surface area contributed by atoms with Crippen molar-refractivity contribution >= 4 is 28.5 Å². The predicted octanol–water partition coefficient (Wildman–Crippen LogP) is 2.03. The highest BCUT2D eigenvalue weighted by Crippen LogP contribution is 2.33. The van der Waals surface area contributed by atoms with E-state index in [9.17, 15) is 20.1 Å². The smallest absolute Gasteiger partial charge is 0.185 e. The van der Waals surface area contributed by atoms with Gasteiger partial charge in [-0.05, 0) is 24.6 Å². The summed E-state index contributed by atoms with van der Waals surface area (Å²) in [5.41, 5.74) is 0.680. The van der Waals surface area contributed by atoms with Crippen LogP contribution in [0.15, 0.2) is 12.1 Å². The van der Waals surface area contributed by atoms with Gasteiger partial charge < -0.3 is 15.3 Å². The van der Waals surface area contributed by atoms with Gasteiger partial charge in [-0.15, -0.1) is 0 Å². The van der Waals surface area contributed by atoms with Crippen molar-refractivity contribution in [3.63, 3.8) is 0 Å². The molecule has 6 heteroatoms. The van der Waals surface area contributed by atoms with Gasteiger partial charge in [-0.25, -0.2) is 0 Å². The van der Waals surface area contributed by atoms with Crippen molar-refractivity contribution in [3.05, 3.63) is 28.3 Å². The number of aliphatic hydroxyl groups excluding tert-OH is 2. The molecule has 0 amide bonds. The lowest BCUT2D eigenvalue weighted by Crippen LogP contribution is -2.21. The minimum atomic E-state index is -1.28. The largest absolute Gasteiger partial charge is 0.507 e. The fourth-order valence-corrected chi connectivity index (χ4v) is 2.36. The summed E-state index contributed by atoms with van der Waals surface area (Å²) < 4.78 is 0. The fourth-order valence-electron chi connectivity index (χ4n) is 1.49. The van der Waals surface area contributed by atoms with E-state index in [2.05, 4.69) is 0 Å². The monoisotopic (exact) mass is 290 g/mol. The zero-order valence-electron chi connectivity index (χ0n) is 10.1. The molecule has 0 saturated carbocycles. The highest BCUT2D eigenvalue weighted by molar-refractivity contribution is 8.13. The zero-order chi connectivity index (χ0) is 13.9. The number of hydrogen-bond acceptors (Lipinski definition) is 5. The Kier molecular flexibility index (Phi) is 5.47. The number of hydrogen-bond donors (Lipinski definition) is 3. The summed E-state index contributed by atoms with van der Waals surface area (Å²) in [4.78, 5) is 10.8. The fraction of sp³-hybridized carbons (Fsp3) is 0.417. The van der Waals surface area contributed by atoms with Gasteiger partial charge >= 0.3 is 0 Å². The van der Waals surface area contributed by atoms with Crippen molar-refractivity contribution < 1.29 is 20.1 Å². The SMILES string of the molecule is CC(=O)SCC(O)C(O)c1cc(Cl)cc(C)c1O. The van der Waals surface area contributed by atoms with Crippen LogP contribution in [0.2, 0.25) is 5.02 Å². The van der Waals surface area contributed by atoms with Crippen molar-refractivity contribution in [3.8, 4) is 5.75 Å². The van der Waals surface area contributed by atoms with Crippen LogP contribution in [0, 0.1) is 6.92 Å². The summed E-state index contributed by atoms with van der Waals surface area (Å²) in [6.07, 6.45) is -2.43. The quantitative estimate of drug-likeness (QED) is 0.791. The van der Waals surface area contributed by atoms with Crippen molar-refractivity contribution in [1.82, 2.24) is 0 Å². The first-order valence-electron chi connectivity index (χ1n) is 5.31. The van der Waals surface area contributed by atoms with Crippen LogP contribution in [-0.4, -0.2) is 32.3 Å². The molecule has 0 fully saturated rings. The Labute approximate surface area is 115 Å². The molecule has 0 aliphatic rings. The van der Waals surface area contributed by atoms with E-state index in [4.69, 9.17) is 11.6 Å². The molecule has 0 saturated heterocycles. The first-order valence-corrected chi connectivity index (χ1v) is 6.67. The van der Waals surface area contributed by atoms with Crippen LogP contribution in [0.3, 0.4) is 0 Å². The lowest BCUT2D eigenvalue weighted by Gasteiger charge is -2.19. The topological polar surface area (TPSA) is 77.8 Å². The second kappa shape index (κ2) is 6.43. The maximum absolute atomic E-state index is 10.8. The number of carbonyl (C=O) groups excluding carboxylic acids is 1. The van der Waals surface area contributed by atoms with E-state index in [-0.39, 0.29) is 22.2 Å². The molecule has 0 aromatic heterocycles. The van der Waals surface area contributed by atoms with E-state index in [0.717, 1.165) is 11.8 Å². The summed E-state index contributed by atoms with van der Waals surface area (Å²) in [5, 5.41) is 29.7. The average molecular weight is 291 g/mol. The van der Waals surface area contributed by atoms with Crippen LogP contribution >= 0.6 is 23.4 Å². The minimum Gasteiger partial charge on any atom is -0.507 e. The van der Waals surface area contributed by atoms with Gasteiger partial charge in [-0.2, -0.15) is 0 Å². The Morgan fingerprint density at radius 2 is 2.06 bits per heavy atom. The molecule has 4 nitrogen and oxygen atoms in total. The van der Waals surface area contributed by atoms with Crippen LogP contribution < -0.4 is 0 Å². The third-order valence-electron chi connectivity index (χ3n) is 2.44. The number of carbonyl (C=O) groups is 1. The number of aliphatic hydroxyl groups is 2. The Balaban J connectivity index is 2.89. The predicted molar refractivity (Wildman–Crippen MR) is 72.0 cm³/mol. The van der Waals surface area contributed by atoms with E-state index < -0.39 is 12.2 Å². The Bertz CT molecular complexity index is 450. The number of thioether (sulfide) groups is 1. The molecule has 0 heterocycles.